The van der Waals surface area contributed by atoms with Gasteiger partial charge in [-0.2, -0.15) is 0 Å². The molecule has 0 bridgehead atoms. The molecule has 0 spiro atoms. The molecule has 0 amide bonds. The van der Waals surface area contributed by atoms with Crippen molar-refractivity contribution in [3.05, 3.63) is 69.4 Å². The van der Waals surface area contributed by atoms with E-state index in [1.165, 1.54) is 18.2 Å². The van der Waals surface area contributed by atoms with Crippen LogP contribution in [0.2, 0.25) is 0 Å². The van der Waals surface area contributed by atoms with Crippen LogP contribution in [0.4, 0.5) is 13.2 Å². The molecule has 2 aromatic carbocycles. The van der Waals surface area contributed by atoms with E-state index in [-0.39, 0.29) is 5.82 Å². The molecule has 0 aliphatic carbocycles. The topological polar surface area (TPSA) is 12.0 Å². The Balaban J connectivity index is 1.86. The highest BCUT2D eigenvalue weighted by Crippen LogP contribution is 2.15. The van der Waals surface area contributed by atoms with Crippen molar-refractivity contribution < 1.29 is 13.2 Å². The number of hydrogen-bond donors (Lipinski definition) is 1. The molecule has 2 rings (SSSR count). The lowest BCUT2D eigenvalue weighted by atomic mass is 10.1. The fourth-order valence-electron chi connectivity index (χ4n) is 1.89. The van der Waals surface area contributed by atoms with E-state index >= 15 is 0 Å². The van der Waals surface area contributed by atoms with Gasteiger partial charge < -0.3 is 5.32 Å². The number of rotatable bonds is 5. The Morgan fingerprint density at radius 2 is 1.65 bits per heavy atom. The first kappa shape index (κ1) is 15.1. The minimum absolute atomic E-state index is 0.280. The van der Waals surface area contributed by atoms with Gasteiger partial charge in [0.15, 0.2) is 0 Å². The second kappa shape index (κ2) is 6.90. The second-order valence-electron chi connectivity index (χ2n) is 4.44. The van der Waals surface area contributed by atoms with Crippen LogP contribution < -0.4 is 5.32 Å². The molecule has 1 nitrogen and oxygen atoms in total. The molecule has 5 heteroatoms. The third-order valence-electron chi connectivity index (χ3n) is 2.84. The average Bonchev–Trinajstić information content (AvgIpc) is 2.37. The van der Waals surface area contributed by atoms with Gasteiger partial charge in [-0.1, -0.05) is 15.9 Å². The molecule has 0 radical (unpaired) electrons. The van der Waals surface area contributed by atoms with E-state index in [2.05, 4.69) is 21.2 Å². The molecule has 0 atom stereocenters. The summed E-state index contributed by atoms with van der Waals surface area (Å²) in [5.74, 6) is -1.45. The predicted octanol–water partition coefficient (Wildman–Crippen LogP) is 4.20. The lowest BCUT2D eigenvalue weighted by molar-refractivity contribution is 0.574. The fourth-order valence-corrected chi connectivity index (χ4v) is 2.30. The summed E-state index contributed by atoms with van der Waals surface area (Å²) in [6.07, 6.45) is 0.476. The summed E-state index contributed by atoms with van der Waals surface area (Å²) in [5, 5.41) is 3.05. The van der Waals surface area contributed by atoms with Gasteiger partial charge in [0.2, 0.25) is 0 Å². The Hall–Kier alpha value is -1.33. The molecule has 2 aromatic rings. The van der Waals surface area contributed by atoms with Crippen molar-refractivity contribution in [2.45, 2.75) is 13.0 Å². The summed E-state index contributed by atoms with van der Waals surface area (Å²) in [7, 11) is 0. The van der Waals surface area contributed by atoms with Crippen molar-refractivity contribution in [1.29, 1.82) is 0 Å². The van der Waals surface area contributed by atoms with Crippen molar-refractivity contribution in [3.63, 3.8) is 0 Å². The molecule has 0 aromatic heterocycles. The maximum atomic E-state index is 13.5. The van der Waals surface area contributed by atoms with E-state index in [0.29, 0.717) is 30.6 Å². The van der Waals surface area contributed by atoms with Crippen LogP contribution in [0.3, 0.4) is 0 Å². The largest absolute Gasteiger partial charge is 0.312 e. The minimum atomic E-state index is -0.585. The molecule has 0 unspecified atom stereocenters. The normalized spacial score (nSPS) is 10.8. The van der Waals surface area contributed by atoms with Crippen LogP contribution in [0.1, 0.15) is 11.1 Å². The molecule has 106 valence electrons. The van der Waals surface area contributed by atoms with E-state index in [1.807, 2.05) is 0 Å². The molecule has 20 heavy (non-hydrogen) atoms. The maximum Gasteiger partial charge on any atom is 0.127 e. The Bertz CT molecular complexity index is 581. The third kappa shape index (κ3) is 4.35. The molecule has 0 heterocycles. The van der Waals surface area contributed by atoms with Crippen molar-refractivity contribution in [1.82, 2.24) is 5.32 Å². The molecule has 0 fully saturated rings. The number of benzene rings is 2. The number of hydrogen-bond acceptors (Lipinski definition) is 1. The van der Waals surface area contributed by atoms with E-state index < -0.39 is 11.6 Å². The SMILES string of the molecule is Fc1cc(F)cc(CCNCc2cc(Br)ccc2F)c1. The van der Waals surface area contributed by atoms with Crippen molar-refractivity contribution in [2.24, 2.45) is 0 Å². The molecule has 0 aliphatic heterocycles. The molecule has 0 saturated carbocycles. The minimum Gasteiger partial charge on any atom is -0.312 e. The lowest BCUT2D eigenvalue weighted by Crippen LogP contribution is -2.17. The van der Waals surface area contributed by atoms with E-state index in [4.69, 9.17) is 0 Å². The van der Waals surface area contributed by atoms with Crippen molar-refractivity contribution in [3.8, 4) is 0 Å². The molecule has 1 N–H and O–H groups in total. The maximum absolute atomic E-state index is 13.5. The Labute approximate surface area is 123 Å². The van der Waals surface area contributed by atoms with Gasteiger partial charge in [-0.25, -0.2) is 13.2 Å². The first-order valence-electron chi connectivity index (χ1n) is 6.14. The lowest BCUT2D eigenvalue weighted by Gasteiger charge is -2.07. The van der Waals surface area contributed by atoms with Crippen LogP contribution in [0, 0.1) is 17.5 Å². The Kier molecular flexibility index (Phi) is 5.20. The summed E-state index contributed by atoms with van der Waals surface area (Å²) in [5.41, 5.74) is 1.12. The molecule has 0 saturated heterocycles. The Morgan fingerprint density at radius 3 is 2.35 bits per heavy atom. The van der Waals surface area contributed by atoms with Crippen molar-refractivity contribution in [2.75, 3.05) is 6.54 Å². The number of halogens is 4. The van der Waals surface area contributed by atoms with Crippen LogP contribution in [-0.4, -0.2) is 6.54 Å². The van der Waals surface area contributed by atoms with E-state index in [0.717, 1.165) is 10.5 Å². The highest BCUT2D eigenvalue weighted by Gasteiger charge is 2.03. The number of nitrogens with one attached hydrogen (secondary N) is 1. The van der Waals surface area contributed by atoms with Gasteiger partial charge in [-0.3, -0.25) is 0 Å². The summed E-state index contributed by atoms with van der Waals surface area (Å²) >= 11 is 3.28. The zero-order chi connectivity index (χ0) is 14.5. The first-order valence-corrected chi connectivity index (χ1v) is 6.93. The smallest absolute Gasteiger partial charge is 0.127 e. The quantitative estimate of drug-likeness (QED) is 0.802. The van der Waals surface area contributed by atoms with Gasteiger partial charge in [-0.05, 0) is 48.9 Å². The van der Waals surface area contributed by atoms with Crippen LogP contribution in [0.15, 0.2) is 40.9 Å². The summed E-state index contributed by atoms with van der Waals surface area (Å²) < 4.78 is 40.2. The summed E-state index contributed by atoms with van der Waals surface area (Å²) in [6, 6.07) is 8.16. The molecular weight excluding hydrogens is 331 g/mol. The van der Waals surface area contributed by atoms with Gasteiger partial charge in [0.1, 0.15) is 17.5 Å². The van der Waals surface area contributed by atoms with Crippen molar-refractivity contribution >= 4 is 15.9 Å². The van der Waals surface area contributed by atoms with E-state index in [9.17, 15) is 13.2 Å². The van der Waals surface area contributed by atoms with Crippen LogP contribution >= 0.6 is 15.9 Å². The molecular formula is C15H13BrF3N. The van der Waals surface area contributed by atoms with Crippen LogP contribution in [0.5, 0.6) is 0 Å². The zero-order valence-corrected chi connectivity index (χ0v) is 12.2. The summed E-state index contributed by atoms with van der Waals surface area (Å²) in [6.45, 7) is 0.873. The third-order valence-corrected chi connectivity index (χ3v) is 3.33. The van der Waals surface area contributed by atoms with E-state index in [1.54, 1.807) is 12.1 Å². The first-order chi connectivity index (χ1) is 9.54. The van der Waals surface area contributed by atoms with Gasteiger partial charge in [0.05, 0.1) is 0 Å². The van der Waals surface area contributed by atoms with Gasteiger partial charge in [0.25, 0.3) is 0 Å². The highest BCUT2D eigenvalue weighted by molar-refractivity contribution is 9.10. The monoisotopic (exact) mass is 343 g/mol. The van der Waals surface area contributed by atoms with Crippen LogP contribution in [0.25, 0.3) is 0 Å². The van der Waals surface area contributed by atoms with Crippen LogP contribution in [-0.2, 0) is 13.0 Å². The van der Waals surface area contributed by atoms with Gasteiger partial charge >= 0.3 is 0 Å². The Morgan fingerprint density at radius 1 is 0.950 bits per heavy atom. The predicted molar refractivity (Wildman–Crippen MR) is 75.9 cm³/mol. The average molecular weight is 344 g/mol. The highest BCUT2D eigenvalue weighted by atomic mass is 79.9. The fraction of sp³-hybridized carbons (Fsp3) is 0.200. The summed E-state index contributed by atoms with van der Waals surface area (Å²) in [4.78, 5) is 0. The standard InChI is InChI=1S/C15H13BrF3N/c16-12-1-2-15(19)11(7-12)9-20-4-3-10-5-13(17)8-14(18)6-10/h1-2,5-8,20H,3-4,9H2. The zero-order valence-electron chi connectivity index (χ0n) is 10.6. The molecule has 0 aliphatic rings. The van der Waals surface area contributed by atoms with Gasteiger partial charge in [0, 0.05) is 22.6 Å². The second-order valence-corrected chi connectivity index (χ2v) is 5.36. The van der Waals surface area contributed by atoms with Gasteiger partial charge in [-0.15, -0.1) is 0 Å².